The number of amides is 1. The van der Waals surface area contributed by atoms with E-state index in [4.69, 9.17) is 5.73 Å². The Balaban J connectivity index is 0.000000283. The molecule has 0 spiro atoms. The molecule has 2 rings (SSSR count). The van der Waals surface area contributed by atoms with Crippen molar-refractivity contribution in [2.24, 2.45) is 5.73 Å². The molecule has 0 aliphatic rings. The van der Waals surface area contributed by atoms with Crippen LogP contribution in [0.3, 0.4) is 0 Å². The molecule has 0 atom stereocenters. The van der Waals surface area contributed by atoms with Gasteiger partial charge in [0, 0.05) is 24.8 Å². The van der Waals surface area contributed by atoms with Gasteiger partial charge in [0.2, 0.25) is 0 Å². The molecule has 1 amide bonds. The Kier molecular flexibility index (Phi) is 6.75. The maximum atomic E-state index is 10.3. The van der Waals surface area contributed by atoms with E-state index >= 15 is 0 Å². The van der Waals surface area contributed by atoms with Gasteiger partial charge in [-0.3, -0.25) is 9.78 Å². The molecule has 0 aromatic carbocycles. The Hall–Kier alpha value is -2.41. The van der Waals surface area contributed by atoms with Gasteiger partial charge in [-0.15, -0.1) is 0 Å². The van der Waals surface area contributed by atoms with Crippen LogP contribution in [0.2, 0.25) is 0 Å². The van der Waals surface area contributed by atoms with Gasteiger partial charge in [0.1, 0.15) is 12.0 Å². The summed E-state index contributed by atoms with van der Waals surface area (Å²) in [6.45, 7) is 0. The number of hydrogen-bond acceptors (Lipinski definition) is 5. The van der Waals surface area contributed by atoms with Crippen molar-refractivity contribution in [1.29, 1.82) is 0 Å². The second kappa shape index (κ2) is 7.94. The fourth-order valence-corrected chi connectivity index (χ4v) is 0.680. The number of rotatable bonds is 1. The number of hydrogen-bond donors (Lipinski definition) is 1. The number of carbonyl (C=O) groups is 1. The van der Waals surface area contributed by atoms with Crippen LogP contribution in [-0.2, 0) is 0 Å². The van der Waals surface area contributed by atoms with E-state index in [2.05, 4.69) is 19.9 Å². The lowest BCUT2D eigenvalue weighted by molar-refractivity contribution is 0.0995. The third kappa shape index (κ3) is 5.35. The summed E-state index contributed by atoms with van der Waals surface area (Å²) in [7, 11) is 0. The molecule has 7 heteroatoms. The number of primary amides is 1. The second-order valence-corrected chi connectivity index (χ2v) is 2.36. The molecule has 84 valence electrons. The zero-order valence-corrected chi connectivity index (χ0v) is 8.32. The average Bonchev–Trinajstić information content (AvgIpc) is 2.33. The summed E-state index contributed by atoms with van der Waals surface area (Å²) in [5.74, 6) is -0.553. The van der Waals surface area contributed by atoms with Crippen molar-refractivity contribution in [3.05, 3.63) is 49.1 Å². The molecule has 2 aromatic rings. The van der Waals surface area contributed by atoms with Crippen LogP contribution in [0.25, 0.3) is 0 Å². The number of nitrogens with two attached hydrogens (primary N) is 1. The molecule has 2 heterocycles. The van der Waals surface area contributed by atoms with Crippen LogP contribution in [0.4, 0.5) is 0 Å². The predicted molar refractivity (Wildman–Crippen MR) is 56.2 cm³/mol. The van der Waals surface area contributed by atoms with E-state index in [9.17, 15) is 4.79 Å². The molecule has 0 aliphatic heterocycles. The maximum absolute atomic E-state index is 10.3. The summed E-state index contributed by atoms with van der Waals surface area (Å²) in [5, 5.41) is 0. The van der Waals surface area contributed by atoms with Crippen LogP contribution in [0, 0.1) is 0 Å². The molecule has 0 radical (unpaired) electrons. The lowest BCUT2D eigenvalue weighted by Crippen LogP contribution is -2.12. The summed E-state index contributed by atoms with van der Waals surface area (Å²) in [4.78, 5) is 25.0. The third-order valence-corrected chi connectivity index (χ3v) is 1.29. The largest absolute Gasteiger partial charge is 0.412 e. The predicted octanol–water partition coefficient (Wildman–Crippen LogP) is -0.773. The van der Waals surface area contributed by atoms with E-state index in [1.807, 2.05) is 0 Å². The van der Waals surface area contributed by atoms with Crippen LogP contribution in [-0.4, -0.2) is 31.3 Å². The standard InChI is InChI=1S/C5H5N3O.C4H4N2.H2O/c6-5(9)4-3-7-1-2-8-4;1-2-5-4-6-3-1;/h1-3H,(H2,6,9);1-4H;1H2. The minimum atomic E-state index is -0.553. The number of aromatic nitrogens is 4. The van der Waals surface area contributed by atoms with Crippen LogP contribution < -0.4 is 5.73 Å². The highest BCUT2D eigenvalue weighted by atomic mass is 16.1. The summed E-state index contributed by atoms with van der Waals surface area (Å²) in [6, 6.07) is 1.78. The van der Waals surface area contributed by atoms with Crippen LogP contribution in [0.15, 0.2) is 43.4 Å². The van der Waals surface area contributed by atoms with Gasteiger partial charge in [-0.25, -0.2) is 15.0 Å². The van der Waals surface area contributed by atoms with Gasteiger partial charge < -0.3 is 11.2 Å². The van der Waals surface area contributed by atoms with E-state index in [-0.39, 0.29) is 11.2 Å². The first-order chi connectivity index (χ1) is 7.30. The highest BCUT2D eigenvalue weighted by Gasteiger charge is 1.97. The third-order valence-electron chi connectivity index (χ3n) is 1.29. The van der Waals surface area contributed by atoms with Gasteiger partial charge in [0.25, 0.3) is 5.91 Å². The van der Waals surface area contributed by atoms with E-state index in [0.717, 1.165) is 0 Å². The van der Waals surface area contributed by atoms with Crippen molar-refractivity contribution in [2.45, 2.75) is 0 Å². The lowest BCUT2D eigenvalue weighted by atomic mass is 10.4. The number of carbonyl (C=O) groups excluding carboxylic acids is 1. The Morgan fingerprint density at radius 3 is 2.00 bits per heavy atom. The molecule has 7 nitrogen and oxygen atoms in total. The summed E-state index contributed by atoms with van der Waals surface area (Å²) < 4.78 is 0. The summed E-state index contributed by atoms with van der Waals surface area (Å²) >= 11 is 0. The normalized spacial score (nSPS) is 8.00. The first kappa shape index (κ1) is 13.6. The van der Waals surface area contributed by atoms with E-state index in [0.29, 0.717) is 0 Å². The second-order valence-electron chi connectivity index (χ2n) is 2.36. The Morgan fingerprint density at radius 1 is 1.06 bits per heavy atom. The van der Waals surface area contributed by atoms with Crippen molar-refractivity contribution in [3.8, 4) is 0 Å². The van der Waals surface area contributed by atoms with Crippen molar-refractivity contribution in [1.82, 2.24) is 19.9 Å². The quantitative estimate of drug-likeness (QED) is 0.676. The highest BCUT2D eigenvalue weighted by Crippen LogP contribution is 1.84. The van der Waals surface area contributed by atoms with Crippen molar-refractivity contribution in [3.63, 3.8) is 0 Å². The summed E-state index contributed by atoms with van der Waals surface area (Å²) in [6.07, 6.45) is 9.09. The molecule has 0 saturated carbocycles. The first-order valence-electron chi connectivity index (χ1n) is 4.06. The van der Waals surface area contributed by atoms with Gasteiger partial charge in [0.05, 0.1) is 6.20 Å². The molecule has 0 saturated heterocycles. The molecular formula is C9H11N5O2. The minimum absolute atomic E-state index is 0. The first-order valence-corrected chi connectivity index (χ1v) is 4.06. The highest BCUT2D eigenvalue weighted by molar-refractivity contribution is 5.90. The van der Waals surface area contributed by atoms with E-state index < -0.39 is 5.91 Å². The molecule has 16 heavy (non-hydrogen) atoms. The molecule has 0 fully saturated rings. The van der Waals surface area contributed by atoms with Gasteiger partial charge in [-0.1, -0.05) is 0 Å². The average molecular weight is 221 g/mol. The Labute approximate surface area is 91.7 Å². The van der Waals surface area contributed by atoms with Crippen LogP contribution in [0.1, 0.15) is 10.5 Å². The lowest BCUT2D eigenvalue weighted by Gasteiger charge is -1.87. The zero-order valence-electron chi connectivity index (χ0n) is 8.32. The van der Waals surface area contributed by atoms with Gasteiger partial charge in [-0.2, -0.15) is 0 Å². The molecule has 0 aliphatic carbocycles. The molecule has 2 aromatic heterocycles. The van der Waals surface area contributed by atoms with Gasteiger partial charge in [0.15, 0.2) is 0 Å². The fourth-order valence-electron chi connectivity index (χ4n) is 0.680. The Morgan fingerprint density at radius 2 is 1.75 bits per heavy atom. The smallest absolute Gasteiger partial charge is 0.268 e. The molecule has 4 N–H and O–H groups in total. The Bertz CT molecular complexity index is 368. The fraction of sp³-hybridized carbons (Fsp3) is 0. The van der Waals surface area contributed by atoms with Crippen molar-refractivity contribution < 1.29 is 10.3 Å². The number of nitrogens with zero attached hydrogens (tertiary/aromatic N) is 4. The maximum Gasteiger partial charge on any atom is 0.268 e. The molecule has 0 bridgehead atoms. The van der Waals surface area contributed by atoms with Gasteiger partial charge in [-0.05, 0) is 6.07 Å². The SMILES string of the molecule is NC(=O)c1cnccn1.O.c1cncnc1. The van der Waals surface area contributed by atoms with Gasteiger partial charge >= 0.3 is 0 Å². The molecular weight excluding hydrogens is 210 g/mol. The topological polar surface area (TPSA) is 126 Å². The monoisotopic (exact) mass is 221 g/mol. The van der Waals surface area contributed by atoms with Crippen molar-refractivity contribution in [2.75, 3.05) is 0 Å². The molecule has 0 unspecified atom stereocenters. The van der Waals surface area contributed by atoms with E-state index in [1.54, 1.807) is 18.5 Å². The van der Waals surface area contributed by atoms with Crippen LogP contribution >= 0.6 is 0 Å². The summed E-state index contributed by atoms with van der Waals surface area (Å²) in [5.41, 5.74) is 5.06. The van der Waals surface area contributed by atoms with Crippen molar-refractivity contribution >= 4 is 5.91 Å². The van der Waals surface area contributed by atoms with Crippen LogP contribution in [0.5, 0.6) is 0 Å². The zero-order chi connectivity index (χ0) is 10.9. The van der Waals surface area contributed by atoms with E-state index in [1.165, 1.54) is 24.9 Å². The minimum Gasteiger partial charge on any atom is -0.412 e.